The van der Waals surface area contributed by atoms with E-state index in [0.29, 0.717) is 17.3 Å². The quantitative estimate of drug-likeness (QED) is 0.523. The Kier molecular flexibility index (Phi) is 4.66. The average Bonchev–Trinajstić information content (AvgIpc) is 3.55. The molecule has 154 valence electrons. The Morgan fingerprint density at radius 2 is 1.94 bits per heavy atom. The van der Waals surface area contributed by atoms with Crippen LogP contribution in [0, 0.1) is 0 Å². The predicted molar refractivity (Wildman–Crippen MR) is 117 cm³/mol. The monoisotopic (exact) mass is 412 g/mol. The number of benzene rings is 2. The van der Waals surface area contributed by atoms with E-state index in [1.54, 1.807) is 10.9 Å². The van der Waals surface area contributed by atoms with Gasteiger partial charge >= 0.3 is 0 Å². The van der Waals surface area contributed by atoms with Crippen LogP contribution in [-0.4, -0.2) is 30.6 Å². The lowest BCUT2D eigenvalue weighted by Gasteiger charge is -2.15. The number of hydrogen-bond acceptors (Lipinski definition) is 5. The molecule has 0 unspecified atom stereocenters. The Labute approximate surface area is 178 Å². The second-order valence-electron chi connectivity index (χ2n) is 7.60. The van der Waals surface area contributed by atoms with Crippen molar-refractivity contribution in [3.05, 3.63) is 82.8 Å². The van der Waals surface area contributed by atoms with Crippen LogP contribution in [0.5, 0.6) is 0 Å². The third-order valence-electron chi connectivity index (χ3n) is 5.29. The Hall–Kier alpha value is -4.07. The van der Waals surface area contributed by atoms with E-state index >= 15 is 0 Å². The molecule has 4 aromatic rings. The molecular formula is C23H20N6O2. The number of hydrogen-bond donors (Lipinski definition) is 2. The normalized spacial score (nSPS) is 13.2. The number of nitrogens with one attached hydrogen (secondary N) is 2. The van der Waals surface area contributed by atoms with Gasteiger partial charge in [0.05, 0.1) is 11.3 Å². The molecule has 8 nitrogen and oxygen atoms in total. The minimum absolute atomic E-state index is 0.0969. The molecule has 1 fully saturated rings. The molecule has 0 bridgehead atoms. The highest BCUT2D eigenvalue weighted by atomic mass is 16.2. The van der Waals surface area contributed by atoms with Crippen LogP contribution in [0.3, 0.4) is 0 Å². The fourth-order valence-electron chi connectivity index (χ4n) is 3.59. The van der Waals surface area contributed by atoms with Crippen molar-refractivity contribution >= 4 is 11.6 Å². The number of aryl methyl sites for hydroxylation is 1. The molecule has 0 atom stereocenters. The molecule has 2 heterocycles. The fraction of sp³-hybridized carbons (Fsp3) is 0.174. The maximum absolute atomic E-state index is 13.0. The molecule has 2 aromatic heterocycles. The smallest absolute Gasteiger partial charge is 0.274 e. The van der Waals surface area contributed by atoms with Crippen LogP contribution in [0.25, 0.3) is 22.5 Å². The lowest BCUT2D eigenvalue weighted by Crippen LogP contribution is -2.20. The summed E-state index contributed by atoms with van der Waals surface area (Å²) in [6.07, 6.45) is 3.57. The second-order valence-corrected chi connectivity index (χ2v) is 7.60. The third-order valence-corrected chi connectivity index (χ3v) is 5.29. The lowest BCUT2D eigenvalue weighted by atomic mass is 9.97. The summed E-state index contributed by atoms with van der Waals surface area (Å²) in [6, 6.07) is 16.8. The molecule has 2 aromatic carbocycles. The van der Waals surface area contributed by atoms with Gasteiger partial charge in [0, 0.05) is 19.0 Å². The minimum atomic E-state index is -0.443. The van der Waals surface area contributed by atoms with Crippen molar-refractivity contribution in [1.29, 1.82) is 0 Å². The summed E-state index contributed by atoms with van der Waals surface area (Å²) in [7, 11) is 1.85. The SMILES string of the molecule is Cn1cnnc1-c1c(NC(=O)c2cc(=O)[nH]c(C3CC3)n2)cccc1-c1ccccc1. The molecule has 1 aliphatic carbocycles. The molecule has 1 amide bonds. The number of carbonyl (C=O) groups excluding carboxylic acids is 1. The molecule has 0 aliphatic heterocycles. The van der Waals surface area contributed by atoms with E-state index in [0.717, 1.165) is 29.5 Å². The van der Waals surface area contributed by atoms with Crippen LogP contribution < -0.4 is 10.9 Å². The molecule has 5 rings (SSSR count). The van der Waals surface area contributed by atoms with E-state index in [9.17, 15) is 9.59 Å². The van der Waals surface area contributed by atoms with Gasteiger partial charge < -0.3 is 14.9 Å². The van der Waals surface area contributed by atoms with Gasteiger partial charge in [-0.3, -0.25) is 9.59 Å². The van der Waals surface area contributed by atoms with Crippen LogP contribution in [-0.2, 0) is 7.05 Å². The lowest BCUT2D eigenvalue weighted by molar-refractivity contribution is 0.102. The van der Waals surface area contributed by atoms with Gasteiger partial charge in [-0.1, -0.05) is 42.5 Å². The maximum atomic E-state index is 13.0. The Morgan fingerprint density at radius 1 is 1.13 bits per heavy atom. The molecule has 1 saturated carbocycles. The topological polar surface area (TPSA) is 106 Å². The number of nitrogens with zero attached hydrogens (tertiary/aromatic N) is 4. The summed E-state index contributed by atoms with van der Waals surface area (Å²) in [5, 5.41) is 11.2. The molecule has 0 radical (unpaired) electrons. The number of rotatable bonds is 5. The van der Waals surface area contributed by atoms with Gasteiger partial charge in [0.2, 0.25) is 0 Å². The van der Waals surface area contributed by atoms with Crippen LogP contribution in [0.1, 0.15) is 35.1 Å². The maximum Gasteiger partial charge on any atom is 0.274 e. The van der Waals surface area contributed by atoms with E-state index in [1.807, 2.05) is 55.6 Å². The van der Waals surface area contributed by atoms with E-state index in [-0.39, 0.29) is 17.2 Å². The van der Waals surface area contributed by atoms with Gasteiger partial charge in [0.25, 0.3) is 11.5 Å². The highest BCUT2D eigenvalue weighted by molar-refractivity contribution is 6.06. The summed E-state index contributed by atoms with van der Waals surface area (Å²) in [5.41, 5.74) is 2.98. The van der Waals surface area contributed by atoms with Gasteiger partial charge in [-0.2, -0.15) is 0 Å². The minimum Gasteiger partial charge on any atom is -0.320 e. The predicted octanol–water partition coefficient (Wildman–Crippen LogP) is 3.36. The van der Waals surface area contributed by atoms with E-state index in [2.05, 4.69) is 25.5 Å². The van der Waals surface area contributed by atoms with Gasteiger partial charge in [0.15, 0.2) is 5.82 Å². The molecule has 1 aliphatic rings. The summed E-state index contributed by atoms with van der Waals surface area (Å²) in [4.78, 5) is 32.2. The third kappa shape index (κ3) is 3.75. The van der Waals surface area contributed by atoms with E-state index in [4.69, 9.17) is 0 Å². The summed E-state index contributed by atoms with van der Waals surface area (Å²) in [5.74, 6) is 0.981. The number of aromatic amines is 1. The number of H-pyrrole nitrogens is 1. The van der Waals surface area contributed by atoms with Crippen molar-refractivity contribution in [2.24, 2.45) is 7.05 Å². The van der Waals surface area contributed by atoms with Crippen molar-refractivity contribution in [2.45, 2.75) is 18.8 Å². The van der Waals surface area contributed by atoms with Crippen LogP contribution in [0.15, 0.2) is 65.7 Å². The zero-order valence-electron chi connectivity index (χ0n) is 16.9. The molecule has 31 heavy (non-hydrogen) atoms. The number of carbonyl (C=O) groups is 1. The molecule has 0 spiro atoms. The Balaban J connectivity index is 1.59. The van der Waals surface area contributed by atoms with Crippen molar-refractivity contribution in [1.82, 2.24) is 24.7 Å². The first-order valence-electron chi connectivity index (χ1n) is 10.1. The first kappa shape index (κ1) is 18.9. The summed E-state index contributed by atoms with van der Waals surface area (Å²) < 4.78 is 1.80. The van der Waals surface area contributed by atoms with Crippen molar-refractivity contribution in [3.63, 3.8) is 0 Å². The second kappa shape index (κ2) is 7.64. The molecular weight excluding hydrogens is 392 g/mol. The largest absolute Gasteiger partial charge is 0.320 e. The van der Waals surface area contributed by atoms with Gasteiger partial charge in [-0.25, -0.2) is 4.98 Å². The van der Waals surface area contributed by atoms with Crippen molar-refractivity contribution < 1.29 is 4.79 Å². The van der Waals surface area contributed by atoms with Gasteiger partial charge in [0.1, 0.15) is 17.8 Å². The summed E-state index contributed by atoms with van der Waals surface area (Å²) in [6.45, 7) is 0. The first-order chi connectivity index (χ1) is 15.1. The fourth-order valence-corrected chi connectivity index (χ4v) is 3.59. The van der Waals surface area contributed by atoms with Crippen LogP contribution in [0.2, 0.25) is 0 Å². The number of aromatic nitrogens is 5. The number of anilines is 1. The summed E-state index contributed by atoms with van der Waals surface area (Å²) >= 11 is 0. The highest BCUT2D eigenvalue weighted by Gasteiger charge is 2.27. The van der Waals surface area contributed by atoms with Crippen molar-refractivity contribution in [2.75, 3.05) is 5.32 Å². The van der Waals surface area contributed by atoms with Gasteiger partial charge in [-0.05, 0) is 30.0 Å². The zero-order valence-corrected chi connectivity index (χ0v) is 16.9. The first-order valence-corrected chi connectivity index (χ1v) is 10.1. The average molecular weight is 412 g/mol. The number of amides is 1. The molecule has 2 N–H and O–H groups in total. The standard InChI is InChI=1S/C23H20N6O2/c1-29-13-24-28-22(29)20-16(14-6-3-2-4-7-14)8-5-9-17(20)26-23(31)18-12-19(30)27-21(25-18)15-10-11-15/h2-9,12-13,15H,10-11H2,1H3,(H,26,31)(H,25,27,30). The molecule has 8 heteroatoms. The van der Waals surface area contributed by atoms with Crippen LogP contribution in [0.4, 0.5) is 5.69 Å². The van der Waals surface area contributed by atoms with Crippen LogP contribution >= 0.6 is 0 Å². The zero-order chi connectivity index (χ0) is 21.4. The Bertz CT molecular complexity index is 1320. The molecule has 0 saturated heterocycles. The van der Waals surface area contributed by atoms with E-state index < -0.39 is 5.91 Å². The Morgan fingerprint density at radius 3 is 2.65 bits per heavy atom. The van der Waals surface area contributed by atoms with E-state index in [1.165, 1.54) is 6.07 Å². The van der Waals surface area contributed by atoms with Crippen molar-refractivity contribution in [3.8, 4) is 22.5 Å². The van der Waals surface area contributed by atoms with Gasteiger partial charge in [-0.15, -0.1) is 10.2 Å². The highest BCUT2D eigenvalue weighted by Crippen LogP contribution is 2.38.